The number of hydrogen-bond acceptors (Lipinski definition) is 7. The van der Waals surface area contributed by atoms with Crippen LogP contribution in [0.15, 0.2) is 17.8 Å². The molecule has 0 aliphatic carbocycles. The van der Waals surface area contributed by atoms with Crippen molar-refractivity contribution in [2.45, 2.75) is 6.92 Å². The summed E-state index contributed by atoms with van der Waals surface area (Å²) in [6, 6.07) is 2.05. The fourth-order valence-corrected chi connectivity index (χ4v) is 5.01. The van der Waals surface area contributed by atoms with Crippen LogP contribution in [0, 0.1) is 11.8 Å². The highest BCUT2D eigenvalue weighted by atomic mass is 32.1. The number of nitrogens with zero attached hydrogens (tertiary/aromatic N) is 5. The highest BCUT2D eigenvalue weighted by molar-refractivity contribution is 7.17. The van der Waals surface area contributed by atoms with Gasteiger partial charge in [0, 0.05) is 58.3 Å². The second-order valence-electron chi connectivity index (χ2n) is 7.17. The van der Waals surface area contributed by atoms with Crippen LogP contribution in [0.2, 0.25) is 0 Å². The lowest BCUT2D eigenvalue weighted by Gasteiger charge is -2.36. The van der Waals surface area contributed by atoms with Gasteiger partial charge in [-0.25, -0.2) is 9.97 Å². The molecule has 0 amide bonds. The average Bonchev–Trinajstić information content (AvgIpc) is 3.28. The van der Waals surface area contributed by atoms with Crippen molar-refractivity contribution in [1.82, 2.24) is 19.8 Å². The molecule has 0 aromatic carbocycles. The Morgan fingerprint density at radius 3 is 2.64 bits per heavy atom. The molecule has 0 bridgehead atoms. The fourth-order valence-electron chi connectivity index (χ4n) is 4.15. The minimum Gasteiger partial charge on any atom is -0.396 e. The molecule has 25 heavy (non-hydrogen) atoms. The van der Waals surface area contributed by atoms with Crippen LogP contribution in [0.25, 0.3) is 10.2 Å². The van der Waals surface area contributed by atoms with E-state index in [1.165, 1.54) is 13.1 Å². The number of aliphatic hydroxyl groups is 1. The maximum absolute atomic E-state index is 9.90. The zero-order valence-corrected chi connectivity index (χ0v) is 15.7. The average molecular weight is 362 g/mol. The molecule has 2 aliphatic heterocycles. The van der Waals surface area contributed by atoms with Crippen molar-refractivity contribution in [2.24, 2.45) is 11.8 Å². The third-order valence-corrected chi connectivity index (χ3v) is 6.64. The molecule has 0 unspecified atom stereocenters. The largest absolute Gasteiger partial charge is 0.396 e. The quantitative estimate of drug-likeness (QED) is 0.868. The predicted octanol–water partition coefficient (Wildman–Crippen LogP) is 1.37. The second kappa shape index (κ2) is 7.53. The molecule has 2 atom stereocenters. The summed E-state index contributed by atoms with van der Waals surface area (Å²) in [7, 11) is 0. The summed E-state index contributed by atoms with van der Waals surface area (Å²) in [4.78, 5) is 16.3. The van der Waals surface area contributed by atoms with Crippen molar-refractivity contribution >= 4 is 27.4 Å². The van der Waals surface area contributed by atoms with Gasteiger partial charge in [0.25, 0.3) is 0 Å². The molecule has 7 heteroatoms. The van der Waals surface area contributed by atoms with Crippen LogP contribution in [0.4, 0.5) is 5.82 Å². The van der Waals surface area contributed by atoms with Gasteiger partial charge in [-0.15, -0.1) is 11.3 Å². The van der Waals surface area contributed by atoms with Gasteiger partial charge >= 0.3 is 0 Å². The minimum absolute atomic E-state index is 0.259. The van der Waals surface area contributed by atoms with E-state index in [4.69, 9.17) is 0 Å². The van der Waals surface area contributed by atoms with Crippen molar-refractivity contribution in [2.75, 3.05) is 63.9 Å². The van der Waals surface area contributed by atoms with E-state index in [0.717, 1.165) is 55.3 Å². The van der Waals surface area contributed by atoms with Gasteiger partial charge in [-0.2, -0.15) is 0 Å². The van der Waals surface area contributed by atoms with Gasteiger partial charge in [-0.3, -0.25) is 0 Å². The van der Waals surface area contributed by atoms with Gasteiger partial charge in [0.15, 0.2) is 0 Å². The molecule has 6 nitrogen and oxygen atoms in total. The summed E-state index contributed by atoms with van der Waals surface area (Å²) in [5, 5.41) is 12.0. The van der Waals surface area contributed by atoms with E-state index in [1.54, 1.807) is 17.7 Å². The van der Waals surface area contributed by atoms with Crippen molar-refractivity contribution < 1.29 is 5.11 Å². The predicted molar refractivity (Wildman–Crippen MR) is 102 cm³/mol. The van der Waals surface area contributed by atoms with Gasteiger partial charge in [0.05, 0.1) is 10.2 Å². The van der Waals surface area contributed by atoms with Crippen LogP contribution in [-0.2, 0) is 0 Å². The standard InChI is InChI=1S/C18H27N5OS/c1-2-21-4-6-22(7-5-21)9-14-10-23(11-15(14)12-24)18-17-16(3-8-25-17)19-13-20-18/h3,8,13-15,24H,2,4-7,9-12H2,1H3/t14-,15-/m1/s1. The van der Waals surface area contributed by atoms with Crippen molar-refractivity contribution in [1.29, 1.82) is 0 Å². The first-order valence-electron chi connectivity index (χ1n) is 9.27. The number of fused-ring (bicyclic) bond motifs is 1. The molecule has 0 radical (unpaired) electrons. The van der Waals surface area contributed by atoms with Crippen LogP contribution in [0.1, 0.15) is 6.92 Å². The lowest BCUT2D eigenvalue weighted by atomic mass is 9.96. The molecular weight excluding hydrogens is 334 g/mol. The maximum Gasteiger partial charge on any atom is 0.150 e. The molecule has 0 spiro atoms. The van der Waals surface area contributed by atoms with Crippen LogP contribution in [-0.4, -0.2) is 83.8 Å². The summed E-state index contributed by atoms with van der Waals surface area (Å²) in [6.45, 7) is 11.2. The molecule has 2 fully saturated rings. The van der Waals surface area contributed by atoms with Crippen LogP contribution < -0.4 is 4.90 Å². The Kier molecular flexibility index (Phi) is 5.17. The maximum atomic E-state index is 9.90. The minimum atomic E-state index is 0.259. The molecule has 4 heterocycles. The Bertz CT molecular complexity index is 700. The van der Waals surface area contributed by atoms with E-state index in [9.17, 15) is 5.11 Å². The van der Waals surface area contributed by atoms with Gasteiger partial charge in [-0.1, -0.05) is 6.92 Å². The highest BCUT2D eigenvalue weighted by Gasteiger charge is 2.35. The number of piperazine rings is 1. The van der Waals surface area contributed by atoms with Gasteiger partial charge in [0.2, 0.25) is 0 Å². The number of aromatic nitrogens is 2. The van der Waals surface area contributed by atoms with Crippen LogP contribution >= 0.6 is 11.3 Å². The summed E-state index contributed by atoms with van der Waals surface area (Å²) < 4.78 is 1.16. The Morgan fingerprint density at radius 2 is 1.88 bits per heavy atom. The third-order valence-electron chi connectivity index (χ3n) is 5.74. The Hall–Kier alpha value is -1.28. The van der Waals surface area contributed by atoms with E-state index in [-0.39, 0.29) is 6.61 Å². The smallest absolute Gasteiger partial charge is 0.150 e. The van der Waals surface area contributed by atoms with E-state index in [2.05, 4.69) is 43.0 Å². The molecule has 0 saturated carbocycles. The SMILES string of the molecule is CCN1CCN(C[C@@H]2CN(c3ncnc4ccsc34)C[C@@H]2CO)CC1. The van der Waals surface area contributed by atoms with E-state index >= 15 is 0 Å². The zero-order valence-electron chi connectivity index (χ0n) is 14.8. The van der Waals surface area contributed by atoms with Gasteiger partial charge in [-0.05, 0) is 23.9 Å². The lowest BCUT2D eigenvalue weighted by Crippen LogP contribution is -2.48. The van der Waals surface area contributed by atoms with E-state index < -0.39 is 0 Å². The first kappa shape index (κ1) is 17.1. The number of rotatable bonds is 5. The summed E-state index contributed by atoms with van der Waals surface area (Å²) in [5.74, 6) is 1.87. The topological polar surface area (TPSA) is 55.7 Å². The molecule has 2 aromatic rings. The lowest BCUT2D eigenvalue weighted by molar-refractivity contribution is 0.106. The fraction of sp³-hybridized carbons (Fsp3) is 0.667. The summed E-state index contributed by atoms with van der Waals surface area (Å²) in [5.41, 5.74) is 1.02. The number of anilines is 1. The number of thiophene rings is 1. The van der Waals surface area contributed by atoms with Crippen molar-refractivity contribution in [3.8, 4) is 0 Å². The molecule has 2 saturated heterocycles. The molecule has 1 N–H and O–H groups in total. The van der Waals surface area contributed by atoms with Gasteiger partial charge in [0.1, 0.15) is 12.1 Å². The van der Waals surface area contributed by atoms with Crippen molar-refractivity contribution in [3.63, 3.8) is 0 Å². The van der Waals surface area contributed by atoms with Crippen LogP contribution in [0.3, 0.4) is 0 Å². The first-order chi connectivity index (χ1) is 12.3. The highest BCUT2D eigenvalue weighted by Crippen LogP contribution is 2.33. The normalized spacial score (nSPS) is 25.9. The monoisotopic (exact) mass is 361 g/mol. The third kappa shape index (κ3) is 3.51. The van der Waals surface area contributed by atoms with E-state index in [0.29, 0.717) is 11.8 Å². The van der Waals surface area contributed by atoms with Crippen molar-refractivity contribution in [3.05, 3.63) is 17.8 Å². The molecule has 2 aromatic heterocycles. The molecule has 4 rings (SSSR count). The summed E-state index contributed by atoms with van der Waals surface area (Å²) in [6.07, 6.45) is 1.66. The van der Waals surface area contributed by atoms with E-state index in [1.807, 2.05) is 0 Å². The summed E-state index contributed by atoms with van der Waals surface area (Å²) >= 11 is 1.70. The number of hydrogen-bond donors (Lipinski definition) is 1. The van der Waals surface area contributed by atoms with Gasteiger partial charge < -0.3 is 19.8 Å². The number of likely N-dealkylation sites (N-methyl/N-ethyl adjacent to an activating group) is 1. The Morgan fingerprint density at radius 1 is 1.12 bits per heavy atom. The Balaban J connectivity index is 1.45. The Labute approximate surface area is 153 Å². The number of aliphatic hydroxyl groups excluding tert-OH is 1. The zero-order chi connectivity index (χ0) is 17.2. The molecule has 2 aliphatic rings. The van der Waals surface area contributed by atoms with Crippen LogP contribution in [0.5, 0.6) is 0 Å². The molecular formula is C18H27N5OS. The molecule has 136 valence electrons. The second-order valence-corrected chi connectivity index (χ2v) is 8.09. The first-order valence-corrected chi connectivity index (χ1v) is 10.1.